The second-order valence-corrected chi connectivity index (χ2v) is 8.11. The third kappa shape index (κ3) is 5.20. The monoisotopic (exact) mass is 345 g/mol. The van der Waals surface area contributed by atoms with E-state index in [2.05, 4.69) is 9.71 Å². The van der Waals surface area contributed by atoms with Crippen molar-refractivity contribution in [3.63, 3.8) is 0 Å². The summed E-state index contributed by atoms with van der Waals surface area (Å²) in [5.74, 6) is 0.393. The van der Waals surface area contributed by atoms with Crippen molar-refractivity contribution in [3.8, 4) is 0 Å². The first-order valence-electron chi connectivity index (χ1n) is 6.07. The Morgan fingerprint density at radius 3 is 2.76 bits per heavy atom. The van der Waals surface area contributed by atoms with E-state index < -0.39 is 10.0 Å². The number of aromatic nitrogens is 1. The van der Waals surface area contributed by atoms with E-state index in [9.17, 15) is 13.2 Å². The molecule has 0 saturated carbocycles. The summed E-state index contributed by atoms with van der Waals surface area (Å²) in [4.78, 5) is 14.2. The number of nitrogen functional groups attached to an aromatic ring is 1. The minimum Gasteiger partial charge on any atom is -0.398 e. The van der Waals surface area contributed by atoms with Gasteiger partial charge < -0.3 is 10.7 Å². The van der Waals surface area contributed by atoms with E-state index >= 15 is 0 Å². The van der Waals surface area contributed by atoms with Gasteiger partial charge in [0.05, 0.1) is 12.3 Å². The molecule has 0 fully saturated rings. The SMILES string of the molecule is Nc1ccccc1SCCS(=O)(=O)NCc1csc(=O)[nH]1. The maximum absolute atomic E-state index is 11.8. The van der Waals surface area contributed by atoms with Crippen LogP contribution in [-0.2, 0) is 16.6 Å². The molecule has 0 aliphatic rings. The fourth-order valence-corrected chi connectivity index (χ4v) is 4.48. The van der Waals surface area contributed by atoms with E-state index in [0.717, 1.165) is 16.2 Å². The van der Waals surface area contributed by atoms with Crippen LogP contribution in [-0.4, -0.2) is 24.9 Å². The van der Waals surface area contributed by atoms with Gasteiger partial charge in [-0.3, -0.25) is 4.79 Å². The van der Waals surface area contributed by atoms with Crippen LogP contribution in [0.2, 0.25) is 0 Å². The predicted molar refractivity (Wildman–Crippen MR) is 87.1 cm³/mol. The highest BCUT2D eigenvalue weighted by Crippen LogP contribution is 2.24. The summed E-state index contributed by atoms with van der Waals surface area (Å²) in [7, 11) is -3.38. The average Bonchev–Trinajstić information content (AvgIpc) is 2.85. The number of sulfonamides is 1. The number of thioether (sulfide) groups is 1. The van der Waals surface area contributed by atoms with Crippen LogP contribution in [0.4, 0.5) is 5.69 Å². The second kappa shape index (κ2) is 7.12. The minimum absolute atomic E-state index is 0.0135. The first kappa shape index (κ1) is 16.1. The number of hydrogen-bond acceptors (Lipinski definition) is 6. The van der Waals surface area contributed by atoms with Crippen LogP contribution >= 0.6 is 23.1 Å². The molecule has 21 heavy (non-hydrogen) atoms. The Hall–Kier alpha value is -1.29. The highest BCUT2D eigenvalue weighted by molar-refractivity contribution is 8.00. The van der Waals surface area contributed by atoms with Gasteiger partial charge in [0.15, 0.2) is 0 Å². The number of nitrogens with two attached hydrogens (primary N) is 1. The summed E-state index contributed by atoms with van der Waals surface area (Å²) in [5.41, 5.74) is 6.99. The molecular weight excluding hydrogens is 330 g/mol. The number of thiazole rings is 1. The van der Waals surface area contributed by atoms with E-state index in [1.54, 1.807) is 11.4 Å². The van der Waals surface area contributed by atoms with Crippen molar-refractivity contribution in [2.45, 2.75) is 11.4 Å². The van der Waals surface area contributed by atoms with Crippen LogP contribution in [0.15, 0.2) is 39.3 Å². The Kier molecular flexibility index (Phi) is 5.45. The summed E-state index contributed by atoms with van der Waals surface area (Å²) < 4.78 is 26.1. The maximum atomic E-state index is 11.8. The molecule has 9 heteroatoms. The molecule has 0 unspecified atom stereocenters. The number of para-hydroxylation sites is 1. The van der Waals surface area contributed by atoms with E-state index in [0.29, 0.717) is 17.1 Å². The van der Waals surface area contributed by atoms with Crippen molar-refractivity contribution in [1.29, 1.82) is 0 Å². The summed E-state index contributed by atoms with van der Waals surface area (Å²) in [5, 5.41) is 1.60. The van der Waals surface area contributed by atoms with Gasteiger partial charge in [-0.2, -0.15) is 0 Å². The van der Waals surface area contributed by atoms with Gasteiger partial charge in [-0.15, -0.1) is 11.8 Å². The van der Waals surface area contributed by atoms with Crippen molar-refractivity contribution in [1.82, 2.24) is 9.71 Å². The van der Waals surface area contributed by atoms with Crippen LogP contribution < -0.4 is 15.3 Å². The fourth-order valence-electron chi connectivity index (χ4n) is 1.53. The molecule has 0 spiro atoms. The van der Waals surface area contributed by atoms with E-state index in [4.69, 9.17) is 5.73 Å². The molecule has 114 valence electrons. The summed E-state index contributed by atoms with van der Waals surface area (Å²) in [6.07, 6.45) is 0. The van der Waals surface area contributed by atoms with Gasteiger partial charge in [0, 0.05) is 27.4 Å². The van der Waals surface area contributed by atoms with Gasteiger partial charge in [0.25, 0.3) is 0 Å². The number of rotatable bonds is 7. The fraction of sp³-hybridized carbons (Fsp3) is 0.250. The van der Waals surface area contributed by atoms with E-state index in [-0.39, 0.29) is 17.2 Å². The molecule has 0 bridgehead atoms. The van der Waals surface area contributed by atoms with Crippen LogP contribution in [0.3, 0.4) is 0 Å². The van der Waals surface area contributed by atoms with Crippen LogP contribution in [0.25, 0.3) is 0 Å². The van der Waals surface area contributed by atoms with Gasteiger partial charge in [-0.25, -0.2) is 13.1 Å². The third-order valence-corrected chi connectivity index (χ3v) is 5.98. The zero-order valence-electron chi connectivity index (χ0n) is 11.0. The van der Waals surface area contributed by atoms with Crippen molar-refractivity contribution < 1.29 is 8.42 Å². The number of anilines is 1. The molecule has 2 aromatic rings. The lowest BCUT2D eigenvalue weighted by Gasteiger charge is -2.07. The van der Waals surface area contributed by atoms with Gasteiger partial charge in [0.2, 0.25) is 10.0 Å². The van der Waals surface area contributed by atoms with Gasteiger partial charge in [0.1, 0.15) is 0 Å². The zero-order valence-corrected chi connectivity index (χ0v) is 13.5. The Balaban J connectivity index is 1.81. The van der Waals surface area contributed by atoms with Crippen LogP contribution in [0.1, 0.15) is 5.69 Å². The molecule has 0 amide bonds. The van der Waals surface area contributed by atoms with Crippen molar-refractivity contribution in [2.75, 3.05) is 17.2 Å². The molecule has 1 heterocycles. The topological polar surface area (TPSA) is 105 Å². The number of nitrogens with one attached hydrogen (secondary N) is 2. The lowest BCUT2D eigenvalue weighted by molar-refractivity contribution is 0.582. The molecule has 0 aliphatic heterocycles. The Bertz CT molecular complexity index is 752. The standard InChI is InChI=1S/C12H15N3O3S3/c13-10-3-1-2-4-11(10)19-5-6-21(17,18)14-7-9-8-20-12(16)15-9/h1-4,8,14H,5-7,13H2,(H,15,16). The number of aromatic amines is 1. The molecule has 2 rings (SSSR count). The number of hydrogen-bond donors (Lipinski definition) is 3. The number of H-pyrrole nitrogens is 1. The molecule has 0 saturated heterocycles. The van der Waals surface area contributed by atoms with Gasteiger partial charge in [-0.05, 0) is 12.1 Å². The normalized spacial score (nSPS) is 11.6. The lowest BCUT2D eigenvalue weighted by atomic mass is 10.3. The third-order valence-electron chi connectivity index (χ3n) is 2.58. The minimum atomic E-state index is -3.38. The average molecular weight is 345 g/mol. The Morgan fingerprint density at radius 1 is 1.33 bits per heavy atom. The van der Waals surface area contributed by atoms with E-state index in [1.165, 1.54) is 11.8 Å². The van der Waals surface area contributed by atoms with Crippen molar-refractivity contribution in [2.24, 2.45) is 0 Å². The highest BCUT2D eigenvalue weighted by atomic mass is 32.2. The largest absolute Gasteiger partial charge is 0.398 e. The zero-order chi connectivity index (χ0) is 15.3. The highest BCUT2D eigenvalue weighted by Gasteiger charge is 2.11. The van der Waals surface area contributed by atoms with Crippen LogP contribution in [0, 0.1) is 0 Å². The van der Waals surface area contributed by atoms with Gasteiger partial charge >= 0.3 is 4.87 Å². The Labute approximate surface area is 130 Å². The molecular formula is C12H15N3O3S3. The summed E-state index contributed by atoms with van der Waals surface area (Å²) in [6, 6.07) is 7.33. The van der Waals surface area contributed by atoms with Crippen molar-refractivity contribution in [3.05, 3.63) is 45.0 Å². The quantitative estimate of drug-likeness (QED) is 0.517. The van der Waals surface area contributed by atoms with Crippen LogP contribution in [0.5, 0.6) is 0 Å². The van der Waals surface area contributed by atoms with Crippen molar-refractivity contribution >= 4 is 38.8 Å². The van der Waals surface area contributed by atoms with Gasteiger partial charge in [-0.1, -0.05) is 23.5 Å². The first-order valence-corrected chi connectivity index (χ1v) is 9.59. The Morgan fingerprint density at radius 2 is 2.10 bits per heavy atom. The molecule has 0 atom stereocenters. The molecule has 1 aromatic heterocycles. The molecule has 6 nitrogen and oxygen atoms in total. The molecule has 0 radical (unpaired) electrons. The summed E-state index contributed by atoms with van der Waals surface area (Å²) >= 11 is 2.41. The smallest absolute Gasteiger partial charge is 0.304 e. The molecule has 1 aromatic carbocycles. The number of benzene rings is 1. The summed E-state index contributed by atoms with van der Waals surface area (Å²) in [6.45, 7) is 0.0964. The first-order chi connectivity index (χ1) is 9.96. The molecule has 4 N–H and O–H groups in total. The lowest BCUT2D eigenvalue weighted by Crippen LogP contribution is -2.27. The van der Waals surface area contributed by atoms with E-state index in [1.807, 2.05) is 18.2 Å². The second-order valence-electron chi connectivity index (χ2n) is 4.20. The molecule has 0 aliphatic carbocycles. The predicted octanol–water partition coefficient (Wildman–Crippen LogP) is 1.23. The maximum Gasteiger partial charge on any atom is 0.304 e.